The third-order valence-corrected chi connectivity index (χ3v) is 3.63. The topological polar surface area (TPSA) is 20.2 Å². The molecule has 100 valence electrons. The van der Waals surface area contributed by atoms with Crippen molar-refractivity contribution in [3.05, 3.63) is 35.4 Å². The van der Waals surface area contributed by atoms with Crippen molar-refractivity contribution in [2.75, 3.05) is 0 Å². The van der Waals surface area contributed by atoms with Gasteiger partial charge in [0.2, 0.25) is 0 Å². The van der Waals surface area contributed by atoms with Crippen LogP contribution in [0.25, 0.3) is 0 Å². The summed E-state index contributed by atoms with van der Waals surface area (Å²) >= 11 is 0. The Morgan fingerprint density at radius 3 is 2.50 bits per heavy atom. The number of benzene rings is 1. The average molecular weight is 258 g/mol. The smallest absolute Gasteiger partial charge is 0.388 e. The molecule has 0 bridgehead atoms. The van der Waals surface area contributed by atoms with E-state index < -0.39 is 17.8 Å². The van der Waals surface area contributed by atoms with E-state index in [1.807, 2.05) is 0 Å². The summed E-state index contributed by atoms with van der Waals surface area (Å²) in [6.45, 7) is 0. The molecule has 1 aliphatic carbocycles. The molecule has 0 saturated heterocycles. The zero-order valence-corrected chi connectivity index (χ0v) is 10.1. The Kier molecular flexibility index (Phi) is 3.95. The van der Waals surface area contributed by atoms with Gasteiger partial charge in [-0.05, 0) is 30.0 Å². The molecule has 1 aromatic rings. The van der Waals surface area contributed by atoms with Gasteiger partial charge in [0, 0.05) is 0 Å². The summed E-state index contributed by atoms with van der Waals surface area (Å²) in [4.78, 5) is 0. The van der Waals surface area contributed by atoms with Crippen LogP contribution in [0.15, 0.2) is 24.3 Å². The highest BCUT2D eigenvalue weighted by atomic mass is 19.4. The predicted molar refractivity (Wildman–Crippen MR) is 63.0 cm³/mol. The summed E-state index contributed by atoms with van der Waals surface area (Å²) in [6.07, 6.45) is -0.0634. The van der Waals surface area contributed by atoms with Gasteiger partial charge in [0.05, 0.1) is 11.7 Å². The van der Waals surface area contributed by atoms with Crippen LogP contribution in [0.1, 0.15) is 49.3 Å². The number of alkyl halides is 3. The van der Waals surface area contributed by atoms with Gasteiger partial charge in [-0.15, -0.1) is 0 Å². The molecular weight excluding hydrogens is 241 g/mol. The van der Waals surface area contributed by atoms with Gasteiger partial charge in [0.15, 0.2) is 0 Å². The molecule has 0 radical (unpaired) electrons. The number of aliphatic hydroxyl groups is 1. The zero-order valence-electron chi connectivity index (χ0n) is 10.1. The molecule has 0 heterocycles. The van der Waals surface area contributed by atoms with E-state index in [2.05, 4.69) is 0 Å². The van der Waals surface area contributed by atoms with E-state index in [-0.39, 0.29) is 0 Å². The lowest BCUT2D eigenvalue weighted by Gasteiger charge is -2.17. The van der Waals surface area contributed by atoms with Gasteiger partial charge in [-0.2, -0.15) is 13.2 Å². The largest absolute Gasteiger partial charge is 0.416 e. The Morgan fingerprint density at radius 2 is 1.89 bits per heavy atom. The van der Waals surface area contributed by atoms with Crippen molar-refractivity contribution in [3.63, 3.8) is 0 Å². The molecule has 0 aliphatic heterocycles. The third-order valence-electron chi connectivity index (χ3n) is 3.63. The van der Waals surface area contributed by atoms with Crippen LogP contribution in [0, 0.1) is 5.92 Å². The molecule has 0 aromatic heterocycles. The van der Waals surface area contributed by atoms with Crippen molar-refractivity contribution >= 4 is 0 Å². The summed E-state index contributed by atoms with van der Waals surface area (Å²) in [5, 5.41) is 10.0. The second kappa shape index (κ2) is 5.31. The van der Waals surface area contributed by atoms with Crippen molar-refractivity contribution < 1.29 is 18.3 Å². The number of hydrogen-bond donors (Lipinski definition) is 1. The zero-order chi connectivity index (χ0) is 13.2. The molecule has 1 fully saturated rings. The lowest BCUT2D eigenvalue weighted by Crippen LogP contribution is -2.08. The van der Waals surface area contributed by atoms with Crippen molar-refractivity contribution in [2.45, 2.75) is 44.4 Å². The van der Waals surface area contributed by atoms with Crippen LogP contribution >= 0.6 is 0 Å². The highest BCUT2D eigenvalue weighted by Crippen LogP contribution is 2.35. The summed E-state index contributed by atoms with van der Waals surface area (Å²) in [7, 11) is 0. The van der Waals surface area contributed by atoms with E-state index in [1.54, 1.807) is 6.07 Å². The average Bonchev–Trinajstić information content (AvgIpc) is 2.81. The molecule has 0 spiro atoms. The third kappa shape index (κ3) is 3.25. The lowest BCUT2D eigenvalue weighted by atomic mass is 9.95. The molecule has 1 aromatic carbocycles. The highest BCUT2D eigenvalue weighted by molar-refractivity contribution is 5.27. The Balaban J connectivity index is 2.07. The SMILES string of the molecule is OC(CC1CCCC1)c1cccc(C(F)(F)F)c1. The normalized spacial score (nSPS) is 19.1. The first-order valence-electron chi connectivity index (χ1n) is 6.32. The molecule has 1 N–H and O–H groups in total. The number of halogens is 3. The maximum atomic E-state index is 12.6. The molecule has 1 unspecified atom stereocenters. The van der Waals surface area contributed by atoms with E-state index in [9.17, 15) is 18.3 Å². The quantitative estimate of drug-likeness (QED) is 0.856. The summed E-state index contributed by atoms with van der Waals surface area (Å²) in [6, 6.07) is 5.01. The second-order valence-electron chi connectivity index (χ2n) is 5.03. The number of rotatable bonds is 3. The predicted octanol–water partition coefficient (Wildman–Crippen LogP) is 4.32. The Morgan fingerprint density at radius 1 is 1.22 bits per heavy atom. The van der Waals surface area contributed by atoms with Crippen molar-refractivity contribution in [1.29, 1.82) is 0 Å². The first-order chi connectivity index (χ1) is 8.47. The van der Waals surface area contributed by atoms with Crippen LogP contribution in [0.3, 0.4) is 0 Å². The molecular formula is C14H17F3O. The number of hydrogen-bond acceptors (Lipinski definition) is 1. The van der Waals surface area contributed by atoms with Crippen molar-refractivity contribution in [2.24, 2.45) is 5.92 Å². The van der Waals surface area contributed by atoms with E-state index in [0.29, 0.717) is 17.9 Å². The standard InChI is InChI=1S/C14H17F3O/c15-14(16,17)12-7-3-6-11(9-12)13(18)8-10-4-1-2-5-10/h3,6-7,9-10,13,18H,1-2,4-5,8H2. The molecule has 2 rings (SSSR count). The van der Waals surface area contributed by atoms with E-state index >= 15 is 0 Å². The molecule has 18 heavy (non-hydrogen) atoms. The number of aliphatic hydroxyl groups excluding tert-OH is 1. The van der Waals surface area contributed by atoms with E-state index in [4.69, 9.17) is 0 Å². The maximum absolute atomic E-state index is 12.6. The summed E-state index contributed by atoms with van der Waals surface area (Å²) in [5.41, 5.74) is -0.317. The molecule has 1 saturated carbocycles. The summed E-state index contributed by atoms with van der Waals surface area (Å²) < 4.78 is 37.7. The van der Waals surface area contributed by atoms with Crippen LogP contribution in [-0.2, 0) is 6.18 Å². The van der Waals surface area contributed by atoms with Gasteiger partial charge >= 0.3 is 6.18 Å². The van der Waals surface area contributed by atoms with Gasteiger partial charge in [-0.3, -0.25) is 0 Å². The molecule has 0 amide bonds. The second-order valence-corrected chi connectivity index (χ2v) is 5.03. The van der Waals surface area contributed by atoms with Gasteiger partial charge in [0.1, 0.15) is 0 Å². The van der Waals surface area contributed by atoms with Crippen LogP contribution in [-0.4, -0.2) is 5.11 Å². The van der Waals surface area contributed by atoms with Gasteiger partial charge < -0.3 is 5.11 Å². The Hall–Kier alpha value is -1.03. The maximum Gasteiger partial charge on any atom is 0.416 e. The van der Waals surface area contributed by atoms with E-state index in [0.717, 1.165) is 25.0 Å². The first-order valence-corrected chi connectivity index (χ1v) is 6.32. The van der Waals surface area contributed by atoms with Crippen LogP contribution in [0.5, 0.6) is 0 Å². The fraction of sp³-hybridized carbons (Fsp3) is 0.571. The van der Waals surface area contributed by atoms with Gasteiger partial charge in [-0.1, -0.05) is 37.8 Å². The fourth-order valence-corrected chi connectivity index (χ4v) is 2.62. The molecule has 1 atom stereocenters. The van der Waals surface area contributed by atoms with Crippen molar-refractivity contribution in [1.82, 2.24) is 0 Å². The van der Waals surface area contributed by atoms with Gasteiger partial charge in [-0.25, -0.2) is 0 Å². The van der Waals surface area contributed by atoms with Crippen LogP contribution in [0.4, 0.5) is 13.2 Å². The van der Waals surface area contributed by atoms with Crippen molar-refractivity contribution in [3.8, 4) is 0 Å². The molecule has 4 heteroatoms. The van der Waals surface area contributed by atoms with Crippen LogP contribution < -0.4 is 0 Å². The minimum Gasteiger partial charge on any atom is -0.388 e. The summed E-state index contributed by atoms with van der Waals surface area (Å²) in [5.74, 6) is 0.453. The minimum absolute atomic E-state index is 0.372. The minimum atomic E-state index is -4.34. The van der Waals surface area contributed by atoms with Crippen LogP contribution in [0.2, 0.25) is 0 Å². The Bertz CT molecular complexity index is 394. The molecule has 1 nitrogen and oxygen atoms in total. The highest BCUT2D eigenvalue weighted by Gasteiger charge is 2.31. The monoisotopic (exact) mass is 258 g/mol. The van der Waals surface area contributed by atoms with Gasteiger partial charge in [0.25, 0.3) is 0 Å². The first kappa shape index (κ1) is 13.4. The van der Waals surface area contributed by atoms with E-state index in [1.165, 1.54) is 18.9 Å². The molecule has 1 aliphatic rings. The Labute approximate surface area is 105 Å². The fourth-order valence-electron chi connectivity index (χ4n) is 2.62. The lowest BCUT2D eigenvalue weighted by molar-refractivity contribution is -0.137.